The number of aryl methyl sites for hydroxylation is 1. The van der Waals surface area contributed by atoms with E-state index in [0.29, 0.717) is 18.0 Å². The second-order valence-electron chi connectivity index (χ2n) is 5.35. The first-order valence-electron chi connectivity index (χ1n) is 7.14. The lowest BCUT2D eigenvalue weighted by atomic mass is 10.1. The zero-order valence-corrected chi connectivity index (χ0v) is 12.1. The summed E-state index contributed by atoms with van der Waals surface area (Å²) in [5.41, 5.74) is 2.59. The van der Waals surface area contributed by atoms with Crippen molar-refractivity contribution in [1.82, 2.24) is 4.90 Å². The van der Waals surface area contributed by atoms with Gasteiger partial charge in [-0.2, -0.15) is 0 Å². The summed E-state index contributed by atoms with van der Waals surface area (Å²) in [6, 6.07) is 6.07. The van der Waals surface area contributed by atoms with Gasteiger partial charge in [0.05, 0.1) is 6.61 Å². The van der Waals surface area contributed by atoms with Crippen molar-refractivity contribution in [2.45, 2.75) is 39.2 Å². The van der Waals surface area contributed by atoms with Gasteiger partial charge in [0.1, 0.15) is 0 Å². The zero-order valence-electron chi connectivity index (χ0n) is 12.1. The van der Waals surface area contributed by atoms with Gasteiger partial charge in [0, 0.05) is 30.1 Å². The molecule has 1 saturated heterocycles. The second-order valence-corrected chi connectivity index (χ2v) is 5.35. The van der Waals surface area contributed by atoms with Crippen LogP contribution in [-0.4, -0.2) is 35.1 Å². The van der Waals surface area contributed by atoms with Crippen molar-refractivity contribution in [1.29, 1.82) is 0 Å². The fourth-order valence-corrected chi connectivity index (χ4v) is 2.60. The highest BCUT2D eigenvalue weighted by Gasteiger charge is 2.26. The van der Waals surface area contributed by atoms with Gasteiger partial charge in [-0.1, -0.05) is 11.8 Å². The van der Waals surface area contributed by atoms with Gasteiger partial charge in [0.2, 0.25) is 0 Å². The first kappa shape index (κ1) is 14.6. The second kappa shape index (κ2) is 6.58. The van der Waals surface area contributed by atoms with E-state index < -0.39 is 0 Å². The minimum Gasteiger partial charge on any atom is -0.395 e. The lowest BCUT2D eigenvalue weighted by Crippen LogP contribution is -2.33. The Bertz CT molecular complexity index is 554. The molecule has 1 N–H and O–H groups in total. The van der Waals surface area contributed by atoms with Gasteiger partial charge in [0.25, 0.3) is 5.91 Å². The van der Waals surface area contributed by atoms with Crippen LogP contribution in [0.3, 0.4) is 0 Å². The van der Waals surface area contributed by atoms with Crippen LogP contribution >= 0.6 is 0 Å². The molecule has 0 spiro atoms. The van der Waals surface area contributed by atoms with E-state index in [-0.39, 0.29) is 12.5 Å². The van der Waals surface area contributed by atoms with Crippen LogP contribution in [-0.2, 0) is 0 Å². The normalized spacial score (nSPS) is 17.8. The van der Waals surface area contributed by atoms with Crippen molar-refractivity contribution < 1.29 is 9.90 Å². The Hall–Kier alpha value is -1.79. The molecule has 2 rings (SSSR count). The monoisotopic (exact) mass is 271 g/mol. The molecule has 0 radical (unpaired) electrons. The van der Waals surface area contributed by atoms with Crippen molar-refractivity contribution in [2.24, 2.45) is 0 Å². The molecule has 1 fully saturated rings. The average Bonchev–Trinajstić information content (AvgIpc) is 2.84. The van der Waals surface area contributed by atoms with Gasteiger partial charge in [-0.05, 0) is 50.5 Å². The summed E-state index contributed by atoms with van der Waals surface area (Å²) < 4.78 is 0. The maximum absolute atomic E-state index is 12.5. The molecule has 106 valence electrons. The topological polar surface area (TPSA) is 40.5 Å². The number of carbonyl (C=O) groups excluding carboxylic acids is 1. The Morgan fingerprint density at radius 3 is 2.90 bits per heavy atom. The fourth-order valence-electron chi connectivity index (χ4n) is 2.60. The Labute approximate surface area is 120 Å². The zero-order chi connectivity index (χ0) is 14.5. The molecule has 0 aliphatic carbocycles. The molecule has 1 heterocycles. The lowest BCUT2D eigenvalue weighted by molar-refractivity contribution is 0.0747. The van der Waals surface area contributed by atoms with Crippen LogP contribution < -0.4 is 0 Å². The van der Waals surface area contributed by atoms with Crippen molar-refractivity contribution in [3.63, 3.8) is 0 Å². The van der Waals surface area contributed by atoms with E-state index in [9.17, 15) is 4.79 Å². The Morgan fingerprint density at radius 1 is 1.45 bits per heavy atom. The SMILES string of the molecule is Cc1cc(C#CCCO)cc(C(=O)N2CCCC2C)c1. The van der Waals surface area contributed by atoms with E-state index in [1.807, 2.05) is 30.0 Å². The van der Waals surface area contributed by atoms with Crippen LogP contribution in [0.15, 0.2) is 18.2 Å². The molecule has 20 heavy (non-hydrogen) atoms. The van der Waals surface area contributed by atoms with Gasteiger partial charge >= 0.3 is 0 Å². The van der Waals surface area contributed by atoms with Crippen LogP contribution in [0.1, 0.15) is 47.7 Å². The molecule has 1 aromatic carbocycles. The summed E-state index contributed by atoms with van der Waals surface area (Å²) >= 11 is 0. The molecule has 1 aromatic rings. The largest absolute Gasteiger partial charge is 0.395 e. The number of aliphatic hydroxyl groups excluding tert-OH is 1. The number of hydrogen-bond acceptors (Lipinski definition) is 2. The smallest absolute Gasteiger partial charge is 0.254 e. The first-order valence-corrected chi connectivity index (χ1v) is 7.14. The summed E-state index contributed by atoms with van der Waals surface area (Å²) in [5.74, 6) is 6.00. The van der Waals surface area contributed by atoms with Gasteiger partial charge in [-0.15, -0.1) is 0 Å². The van der Waals surface area contributed by atoms with E-state index in [0.717, 1.165) is 30.5 Å². The molecular formula is C17H21NO2. The summed E-state index contributed by atoms with van der Waals surface area (Å²) in [6.45, 7) is 4.99. The third-order valence-corrected chi connectivity index (χ3v) is 3.61. The van der Waals surface area contributed by atoms with Crippen LogP contribution in [0.5, 0.6) is 0 Å². The molecule has 0 saturated carbocycles. The van der Waals surface area contributed by atoms with Crippen molar-refractivity contribution >= 4 is 5.91 Å². The van der Waals surface area contributed by atoms with Crippen molar-refractivity contribution in [2.75, 3.05) is 13.2 Å². The van der Waals surface area contributed by atoms with E-state index >= 15 is 0 Å². The number of aliphatic hydroxyl groups is 1. The predicted molar refractivity (Wildman–Crippen MR) is 79.5 cm³/mol. The maximum atomic E-state index is 12.5. The van der Waals surface area contributed by atoms with Gasteiger partial charge < -0.3 is 10.0 Å². The molecule has 1 atom stereocenters. The van der Waals surface area contributed by atoms with E-state index in [1.54, 1.807) is 0 Å². The maximum Gasteiger partial charge on any atom is 0.254 e. The highest BCUT2D eigenvalue weighted by molar-refractivity contribution is 5.95. The molecule has 1 aliphatic rings. The standard InChI is InChI=1S/C17H21NO2/c1-13-10-15(7-3-4-9-19)12-16(11-13)17(20)18-8-5-6-14(18)2/h10-12,14,19H,4-6,8-9H2,1-2H3. The molecule has 3 heteroatoms. The van der Waals surface area contributed by atoms with E-state index in [4.69, 9.17) is 5.11 Å². The van der Waals surface area contributed by atoms with Gasteiger partial charge in [-0.25, -0.2) is 0 Å². The summed E-state index contributed by atoms with van der Waals surface area (Å²) in [7, 11) is 0. The number of carbonyl (C=O) groups is 1. The molecule has 0 aromatic heterocycles. The Balaban J connectivity index is 2.23. The number of benzene rings is 1. The summed E-state index contributed by atoms with van der Waals surface area (Å²) in [5, 5.41) is 8.75. The van der Waals surface area contributed by atoms with Crippen LogP contribution in [0.2, 0.25) is 0 Å². The van der Waals surface area contributed by atoms with Crippen LogP contribution in [0.25, 0.3) is 0 Å². The Morgan fingerprint density at radius 2 is 2.25 bits per heavy atom. The number of hydrogen-bond donors (Lipinski definition) is 1. The van der Waals surface area contributed by atoms with Crippen molar-refractivity contribution in [3.05, 3.63) is 34.9 Å². The van der Waals surface area contributed by atoms with Crippen LogP contribution in [0.4, 0.5) is 0 Å². The lowest BCUT2D eigenvalue weighted by Gasteiger charge is -2.21. The third kappa shape index (κ3) is 3.40. The highest BCUT2D eigenvalue weighted by atomic mass is 16.2. The molecule has 3 nitrogen and oxygen atoms in total. The molecular weight excluding hydrogens is 250 g/mol. The molecule has 1 amide bonds. The highest BCUT2D eigenvalue weighted by Crippen LogP contribution is 2.20. The third-order valence-electron chi connectivity index (χ3n) is 3.61. The fraction of sp³-hybridized carbons (Fsp3) is 0.471. The van der Waals surface area contributed by atoms with E-state index in [1.165, 1.54) is 0 Å². The van der Waals surface area contributed by atoms with Crippen LogP contribution in [0, 0.1) is 18.8 Å². The Kier molecular flexibility index (Phi) is 4.81. The number of amides is 1. The van der Waals surface area contributed by atoms with Gasteiger partial charge in [0.15, 0.2) is 0 Å². The molecule has 1 unspecified atom stereocenters. The molecule has 0 bridgehead atoms. The number of rotatable bonds is 2. The summed E-state index contributed by atoms with van der Waals surface area (Å²) in [6.07, 6.45) is 2.63. The van der Waals surface area contributed by atoms with E-state index in [2.05, 4.69) is 18.8 Å². The summed E-state index contributed by atoms with van der Waals surface area (Å²) in [4.78, 5) is 14.5. The molecule has 1 aliphatic heterocycles. The predicted octanol–water partition coefficient (Wildman–Crippen LogP) is 2.35. The number of nitrogens with zero attached hydrogens (tertiary/aromatic N) is 1. The minimum atomic E-state index is 0.0654. The first-order chi connectivity index (χ1) is 9.61. The quantitative estimate of drug-likeness (QED) is 0.839. The average molecular weight is 271 g/mol. The van der Waals surface area contributed by atoms with Gasteiger partial charge in [-0.3, -0.25) is 4.79 Å². The van der Waals surface area contributed by atoms with Crippen molar-refractivity contribution in [3.8, 4) is 11.8 Å². The number of likely N-dealkylation sites (tertiary alicyclic amines) is 1. The minimum absolute atomic E-state index is 0.0654.